The van der Waals surface area contributed by atoms with Crippen LogP contribution in [-0.2, 0) is 9.59 Å². The van der Waals surface area contributed by atoms with Crippen LogP contribution in [0.2, 0.25) is 0 Å². The van der Waals surface area contributed by atoms with Gasteiger partial charge in [-0.25, -0.2) is 14.5 Å². The van der Waals surface area contributed by atoms with E-state index in [0.29, 0.717) is 29.2 Å². The number of carbonyl (C=O) groups excluding carboxylic acids is 3. The third kappa shape index (κ3) is 4.31. The van der Waals surface area contributed by atoms with Gasteiger partial charge in [-0.1, -0.05) is 12.1 Å². The number of hydrogen-bond donors (Lipinski definition) is 2. The van der Waals surface area contributed by atoms with Gasteiger partial charge in [0.2, 0.25) is 0 Å². The molecule has 9 heteroatoms. The zero-order chi connectivity index (χ0) is 24.4. The van der Waals surface area contributed by atoms with E-state index >= 15 is 0 Å². The molecule has 34 heavy (non-hydrogen) atoms. The van der Waals surface area contributed by atoms with Crippen LogP contribution in [0, 0.1) is 6.92 Å². The lowest BCUT2D eigenvalue weighted by Crippen LogP contribution is -2.54. The number of anilines is 1. The minimum Gasteiger partial charge on any atom is -0.494 e. The Morgan fingerprint density at radius 3 is 2.50 bits per heavy atom. The standard InChI is InChI=1S/C25H20N2O7/c1-3-33-17-8-6-16(7-9-17)27-23(29)20(22(28)26-25(27)32)13-18-10-11-21(34-18)15-5-4-14(2)19(12-15)24(30)31/h4-13H,3H2,1-2H3,(H,30,31)(H,26,28,32)/b20-13+. The van der Waals surface area contributed by atoms with E-state index in [-0.39, 0.29) is 22.6 Å². The number of rotatable bonds is 6. The maximum Gasteiger partial charge on any atom is 0.335 e. The summed E-state index contributed by atoms with van der Waals surface area (Å²) in [4.78, 5) is 50.1. The molecule has 2 N–H and O–H groups in total. The first-order valence-corrected chi connectivity index (χ1v) is 10.4. The Labute approximate surface area is 194 Å². The summed E-state index contributed by atoms with van der Waals surface area (Å²) in [7, 11) is 0. The van der Waals surface area contributed by atoms with E-state index in [2.05, 4.69) is 5.32 Å². The van der Waals surface area contributed by atoms with Gasteiger partial charge in [-0.2, -0.15) is 0 Å². The Morgan fingerprint density at radius 1 is 1.09 bits per heavy atom. The third-order valence-corrected chi connectivity index (χ3v) is 5.17. The molecule has 1 fully saturated rings. The Bertz CT molecular complexity index is 1340. The molecule has 0 atom stereocenters. The summed E-state index contributed by atoms with van der Waals surface area (Å²) in [6.45, 7) is 3.99. The van der Waals surface area contributed by atoms with Crippen LogP contribution < -0.4 is 15.0 Å². The Morgan fingerprint density at radius 2 is 1.82 bits per heavy atom. The monoisotopic (exact) mass is 460 g/mol. The van der Waals surface area contributed by atoms with Crippen LogP contribution in [0.4, 0.5) is 10.5 Å². The van der Waals surface area contributed by atoms with E-state index < -0.39 is 23.8 Å². The smallest absolute Gasteiger partial charge is 0.335 e. The summed E-state index contributed by atoms with van der Waals surface area (Å²) in [6, 6.07) is 13.5. The number of amides is 4. The molecule has 4 rings (SSSR count). The van der Waals surface area contributed by atoms with E-state index in [1.807, 2.05) is 6.92 Å². The molecule has 0 saturated carbocycles. The normalized spacial score (nSPS) is 14.9. The van der Waals surface area contributed by atoms with Crippen molar-refractivity contribution in [2.75, 3.05) is 11.5 Å². The van der Waals surface area contributed by atoms with E-state index in [1.165, 1.54) is 24.3 Å². The molecule has 1 aliphatic heterocycles. The molecule has 1 aromatic heterocycles. The number of aromatic carboxylic acids is 1. The topological polar surface area (TPSA) is 126 Å². The van der Waals surface area contributed by atoms with Gasteiger partial charge in [0.15, 0.2) is 0 Å². The number of urea groups is 1. The number of furan rings is 1. The summed E-state index contributed by atoms with van der Waals surface area (Å²) < 4.78 is 11.1. The molecule has 1 aliphatic rings. The number of imide groups is 2. The Kier molecular flexibility index (Phi) is 6.01. The van der Waals surface area contributed by atoms with Crippen LogP contribution in [0.25, 0.3) is 17.4 Å². The molecule has 4 amide bonds. The Hall–Kier alpha value is -4.66. The predicted octanol–water partition coefficient (Wildman–Crippen LogP) is 4.02. The van der Waals surface area contributed by atoms with Crippen LogP contribution in [-0.4, -0.2) is 35.5 Å². The second kappa shape index (κ2) is 9.07. The van der Waals surface area contributed by atoms with Crippen molar-refractivity contribution in [2.45, 2.75) is 13.8 Å². The van der Waals surface area contributed by atoms with Crippen LogP contribution >= 0.6 is 0 Å². The predicted molar refractivity (Wildman–Crippen MR) is 122 cm³/mol. The van der Waals surface area contributed by atoms with E-state index in [1.54, 1.807) is 43.3 Å². The number of carbonyl (C=O) groups is 4. The molecular weight excluding hydrogens is 440 g/mol. The number of ether oxygens (including phenoxy) is 1. The SMILES string of the molecule is CCOc1ccc(N2C(=O)NC(=O)/C(=C\c3ccc(-c4ccc(C)c(C(=O)O)c4)o3)C2=O)cc1. The molecule has 0 bridgehead atoms. The lowest BCUT2D eigenvalue weighted by atomic mass is 10.0. The van der Waals surface area contributed by atoms with Gasteiger partial charge in [0.25, 0.3) is 11.8 Å². The van der Waals surface area contributed by atoms with Crippen molar-refractivity contribution >= 4 is 35.6 Å². The molecule has 0 radical (unpaired) electrons. The zero-order valence-electron chi connectivity index (χ0n) is 18.3. The van der Waals surface area contributed by atoms with Gasteiger partial charge in [-0.05, 0) is 68.0 Å². The molecule has 2 heterocycles. The highest BCUT2D eigenvalue weighted by molar-refractivity contribution is 6.39. The lowest BCUT2D eigenvalue weighted by Gasteiger charge is -2.26. The van der Waals surface area contributed by atoms with Gasteiger partial charge in [0, 0.05) is 5.56 Å². The number of carboxylic acids is 1. The molecule has 0 unspecified atom stereocenters. The molecule has 172 valence electrons. The summed E-state index contributed by atoms with van der Waals surface area (Å²) >= 11 is 0. The maximum atomic E-state index is 13.0. The minimum absolute atomic E-state index is 0.139. The van der Waals surface area contributed by atoms with E-state index in [0.717, 1.165) is 4.90 Å². The van der Waals surface area contributed by atoms with Gasteiger partial charge < -0.3 is 14.3 Å². The van der Waals surface area contributed by atoms with Gasteiger partial charge in [-0.15, -0.1) is 0 Å². The molecule has 1 saturated heterocycles. The van der Waals surface area contributed by atoms with Crippen LogP contribution in [0.3, 0.4) is 0 Å². The minimum atomic E-state index is -1.06. The van der Waals surface area contributed by atoms with Crippen LogP contribution in [0.5, 0.6) is 5.75 Å². The lowest BCUT2D eigenvalue weighted by molar-refractivity contribution is -0.122. The molecule has 9 nitrogen and oxygen atoms in total. The van der Waals surface area contributed by atoms with Gasteiger partial charge in [0.05, 0.1) is 17.9 Å². The Balaban J connectivity index is 1.64. The fourth-order valence-electron chi connectivity index (χ4n) is 3.48. The number of carboxylic acid groups (broad SMARTS) is 1. The number of barbiturate groups is 1. The summed E-state index contributed by atoms with van der Waals surface area (Å²) in [5.41, 5.74) is 1.25. The van der Waals surface area contributed by atoms with E-state index in [4.69, 9.17) is 9.15 Å². The quantitative estimate of drug-likeness (QED) is 0.420. The van der Waals surface area contributed by atoms with Crippen molar-refractivity contribution in [3.63, 3.8) is 0 Å². The van der Waals surface area contributed by atoms with Crippen molar-refractivity contribution in [1.82, 2.24) is 5.32 Å². The van der Waals surface area contributed by atoms with Crippen molar-refractivity contribution in [2.24, 2.45) is 0 Å². The zero-order valence-corrected chi connectivity index (χ0v) is 18.3. The molecular formula is C25H20N2O7. The molecule has 3 aromatic rings. The molecule has 0 spiro atoms. The number of benzene rings is 2. The second-order valence-corrected chi connectivity index (χ2v) is 7.42. The van der Waals surface area contributed by atoms with Crippen molar-refractivity contribution in [3.05, 3.63) is 77.1 Å². The number of nitrogens with zero attached hydrogens (tertiary/aromatic N) is 1. The van der Waals surface area contributed by atoms with Crippen LogP contribution in [0.15, 0.2) is 64.6 Å². The van der Waals surface area contributed by atoms with Crippen LogP contribution in [0.1, 0.15) is 28.6 Å². The molecule has 2 aromatic carbocycles. The van der Waals surface area contributed by atoms with E-state index in [9.17, 15) is 24.3 Å². The number of nitrogens with one attached hydrogen (secondary N) is 1. The van der Waals surface area contributed by atoms with Crippen molar-refractivity contribution in [3.8, 4) is 17.1 Å². The highest BCUT2D eigenvalue weighted by Gasteiger charge is 2.37. The summed E-state index contributed by atoms with van der Waals surface area (Å²) in [5.74, 6) is -1.59. The first kappa shape index (κ1) is 22.5. The highest BCUT2D eigenvalue weighted by Crippen LogP contribution is 2.28. The summed E-state index contributed by atoms with van der Waals surface area (Å²) in [6.07, 6.45) is 1.24. The second-order valence-electron chi connectivity index (χ2n) is 7.42. The number of aryl methyl sites for hydroxylation is 1. The average Bonchev–Trinajstić information content (AvgIpc) is 3.27. The maximum absolute atomic E-state index is 13.0. The van der Waals surface area contributed by atoms with Crippen molar-refractivity contribution < 1.29 is 33.4 Å². The fraction of sp³-hybridized carbons (Fsp3) is 0.120. The first-order valence-electron chi connectivity index (χ1n) is 10.4. The van der Waals surface area contributed by atoms with Gasteiger partial charge in [0.1, 0.15) is 22.8 Å². The summed E-state index contributed by atoms with van der Waals surface area (Å²) in [5, 5.41) is 11.5. The van der Waals surface area contributed by atoms with Gasteiger partial charge in [-0.3, -0.25) is 14.9 Å². The average molecular weight is 460 g/mol. The third-order valence-electron chi connectivity index (χ3n) is 5.17. The number of hydrogen-bond acceptors (Lipinski definition) is 6. The van der Waals surface area contributed by atoms with Gasteiger partial charge >= 0.3 is 12.0 Å². The first-order chi connectivity index (χ1) is 16.3. The molecule has 0 aliphatic carbocycles. The van der Waals surface area contributed by atoms with Crippen molar-refractivity contribution in [1.29, 1.82) is 0 Å². The largest absolute Gasteiger partial charge is 0.494 e. The highest BCUT2D eigenvalue weighted by atomic mass is 16.5. The fourth-order valence-corrected chi connectivity index (χ4v) is 3.48.